The highest BCUT2D eigenvalue weighted by molar-refractivity contribution is 14.1. The van der Waals surface area contributed by atoms with Gasteiger partial charge in [-0.05, 0) is 58.0 Å². The largest absolute Gasteiger partial charge is 0.416 e. The van der Waals surface area contributed by atoms with Crippen molar-refractivity contribution in [3.63, 3.8) is 0 Å². The number of halogens is 4. The predicted molar refractivity (Wildman–Crippen MR) is 100 cm³/mol. The van der Waals surface area contributed by atoms with Crippen LogP contribution in [-0.4, -0.2) is 4.57 Å². The maximum Gasteiger partial charge on any atom is 0.416 e. The second-order valence-electron chi connectivity index (χ2n) is 5.64. The highest BCUT2D eigenvalue weighted by Crippen LogP contribution is 2.31. The zero-order valence-corrected chi connectivity index (χ0v) is 15.3. The van der Waals surface area contributed by atoms with Gasteiger partial charge in [-0.1, -0.05) is 24.3 Å². The number of pyridine rings is 1. The van der Waals surface area contributed by atoms with Gasteiger partial charge in [0.05, 0.1) is 11.3 Å². The van der Waals surface area contributed by atoms with Gasteiger partial charge >= 0.3 is 6.18 Å². The average Bonchev–Trinajstić information content (AvgIpc) is 2.56. The van der Waals surface area contributed by atoms with Crippen molar-refractivity contribution in [2.45, 2.75) is 6.18 Å². The molecule has 0 unspecified atom stereocenters. The van der Waals surface area contributed by atoms with E-state index >= 15 is 0 Å². The molecule has 2 nitrogen and oxygen atoms in total. The van der Waals surface area contributed by atoms with Gasteiger partial charge in [-0.25, -0.2) is 0 Å². The summed E-state index contributed by atoms with van der Waals surface area (Å²) < 4.78 is 41.5. The number of aromatic nitrogens is 1. The van der Waals surface area contributed by atoms with Crippen LogP contribution in [0.2, 0.25) is 0 Å². The monoisotopic (exact) mass is 455 g/mol. The Labute approximate surface area is 156 Å². The molecule has 0 aliphatic heterocycles. The molecule has 0 N–H and O–H groups in total. The van der Waals surface area contributed by atoms with Crippen molar-refractivity contribution in [1.82, 2.24) is 4.57 Å². The van der Waals surface area contributed by atoms with Crippen molar-refractivity contribution >= 4 is 22.6 Å². The summed E-state index contributed by atoms with van der Waals surface area (Å²) in [7, 11) is 1.77. The zero-order chi connectivity index (χ0) is 18.2. The maximum absolute atomic E-state index is 12.9. The lowest BCUT2D eigenvalue weighted by molar-refractivity contribution is -0.137. The third kappa shape index (κ3) is 3.78. The van der Waals surface area contributed by atoms with Crippen molar-refractivity contribution in [1.29, 1.82) is 0 Å². The fourth-order valence-corrected chi connectivity index (χ4v) is 3.19. The Morgan fingerprint density at radius 1 is 0.960 bits per heavy atom. The summed E-state index contributed by atoms with van der Waals surface area (Å²) in [6, 6.07) is 13.9. The molecule has 0 atom stereocenters. The molecule has 0 aliphatic carbocycles. The Morgan fingerprint density at radius 2 is 1.64 bits per heavy atom. The van der Waals surface area contributed by atoms with Crippen molar-refractivity contribution < 1.29 is 13.2 Å². The van der Waals surface area contributed by atoms with Crippen LogP contribution in [-0.2, 0) is 13.2 Å². The standard InChI is InChI=1S/C19H13F3INO/c1-24-11-16(12-4-2-6-14(8-12)19(20,21)22)18(25)10-17(24)13-5-3-7-15(23)9-13/h2-11H,1H3. The van der Waals surface area contributed by atoms with Crippen molar-refractivity contribution in [2.75, 3.05) is 0 Å². The van der Waals surface area contributed by atoms with E-state index < -0.39 is 11.7 Å². The number of hydrogen-bond acceptors (Lipinski definition) is 1. The highest BCUT2D eigenvalue weighted by Gasteiger charge is 2.30. The Balaban J connectivity index is 2.12. The first kappa shape index (κ1) is 17.7. The van der Waals surface area contributed by atoms with Crippen LogP contribution < -0.4 is 5.43 Å². The fraction of sp³-hybridized carbons (Fsp3) is 0.105. The Bertz CT molecular complexity index is 992. The Hall–Kier alpha value is -2.09. The molecule has 3 rings (SSSR count). The van der Waals surface area contributed by atoms with Gasteiger partial charge in [0.2, 0.25) is 0 Å². The van der Waals surface area contributed by atoms with Gasteiger partial charge in [-0.2, -0.15) is 13.2 Å². The van der Waals surface area contributed by atoms with Crippen molar-refractivity contribution in [2.24, 2.45) is 7.05 Å². The number of aryl methyl sites for hydroxylation is 1. The number of benzene rings is 2. The Kier molecular flexibility index (Phi) is 4.73. The molecule has 0 saturated carbocycles. The van der Waals surface area contributed by atoms with E-state index in [0.717, 1.165) is 21.3 Å². The van der Waals surface area contributed by atoms with Crippen LogP contribution in [0, 0.1) is 3.57 Å². The molecule has 25 heavy (non-hydrogen) atoms. The number of nitrogens with zero attached hydrogens (tertiary/aromatic N) is 1. The Morgan fingerprint density at radius 3 is 2.32 bits per heavy atom. The number of alkyl halides is 3. The van der Waals surface area contributed by atoms with E-state index in [1.165, 1.54) is 18.2 Å². The smallest absolute Gasteiger partial charge is 0.350 e. The molecule has 0 fully saturated rings. The molecule has 0 bridgehead atoms. The van der Waals surface area contributed by atoms with E-state index in [-0.39, 0.29) is 16.6 Å². The molecule has 1 heterocycles. The maximum atomic E-state index is 12.9. The summed E-state index contributed by atoms with van der Waals surface area (Å²) in [6.45, 7) is 0. The molecule has 1 aromatic heterocycles. The first-order valence-corrected chi connectivity index (χ1v) is 8.48. The zero-order valence-electron chi connectivity index (χ0n) is 13.1. The first-order valence-electron chi connectivity index (χ1n) is 7.40. The molecular weight excluding hydrogens is 442 g/mol. The molecule has 0 saturated heterocycles. The van der Waals surface area contributed by atoms with E-state index in [9.17, 15) is 18.0 Å². The third-order valence-electron chi connectivity index (χ3n) is 3.86. The average molecular weight is 455 g/mol. The fourth-order valence-electron chi connectivity index (χ4n) is 2.65. The molecule has 128 valence electrons. The summed E-state index contributed by atoms with van der Waals surface area (Å²) in [5, 5.41) is 0. The van der Waals surface area contributed by atoms with Gasteiger partial charge < -0.3 is 4.57 Å². The van der Waals surface area contributed by atoms with Crippen LogP contribution in [0.1, 0.15) is 5.56 Å². The quantitative estimate of drug-likeness (QED) is 0.479. The van der Waals surface area contributed by atoms with Crippen molar-refractivity contribution in [3.8, 4) is 22.4 Å². The second-order valence-corrected chi connectivity index (χ2v) is 6.88. The molecular formula is C19H13F3INO. The lowest BCUT2D eigenvalue weighted by atomic mass is 10.0. The van der Waals surface area contributed by atoms with Crippen LogP contribution in [0.5, 0.6) is 0 Å². The molecule has 0 radical (unpaired) electrons. The molecule has 0 aliphatic rings. The van der Waals surface area contributed by atoms with E-state index in [1.54, 1.807) is 17.8 Å². The van der Waals surface area contributed by atoms with Gasteiger partial charge in [-0.15, -0.1) is 0 Å². The summed E-state index contributed by atoms with van der Waals surface area (Å²) in [5.41, 5.74) is 0.994. The van der Waals surface area contributed by atoms with E-state index in [1.807, 2.05) is 24.3 Å². The minimum atomic E-state index is -4.44. The van der Waals surface area contributed by atoms with Gasteiger partial charge in [0.15, 0.2) is 5.43 Å². The molecule has 0 spiro atoms. The van der Waals surface area contributed by atoms with E-state index in [2.05, 4.69) is 22.6 Å². The number of rotatable bonds is 2. The lowest BCUT2D eigenvalue weighted by Crippen LogP contribution is -2.11. The predicted octanol–water partition coefficient (Wildman–Crippen LogP) is 5.34. The minimum absolute atomic E-state index is 0.239. The van der Waals surface area contributed by atoms with Crippen LogP contribution in [0.25, 0.3) is 22.4 Å². The molecule has 3 aromatic rings. The summed E-state index contributed by atoms with van der Waals surface area (Å²) in [4.78, 5) is 12.5. The van der Waals surface area contributed by atoms with Crippen LogP contribution in [0.4, 0.5) is 13.2 Å². The number of hydrogen-bond donors (Lipinski definition) is 0. The minimum Gasteiger partial charge on any atom is -0.350 e. The van der Waals surface area contributed by atoms with Crippen molar-refractivity contribution in [3.05, 3.63) is 80.2 Å². The van der Waals surface area contributed by atoms with Crippen LogP contribution in [0.15, 0.2) is 65.6 Å². The summed E-state index contributed by atoms with van der Waals surface area (Å²) in [5.74, 6) is 0. The molecule has 0 amide bonds. The highest BCUT2D eigenvalue weighted by atomic mass is 127. The van der Waals surface area contributed by atoms with Gasteiger partial charge in [0.25, 0.3) is 0 Å². The normalized spacial score (nSPS) is 11.6. The summed E-state index contributed by atoms with van der Waals surface area (Å²) in [6.07, 6.45) is -2.87. The van der Waals surface area contributed by atoms with Gasteiger partial charge in [0.1, 0.15) is 0 Å². The van der Waals surface area contributed by atoms with E-state index in [0.29, 0.717) is 5.69 Å². The SMILES string of the molecule is Cn1cc(-c2cccc(C(F)(F)F)c2)c(=O)cc1-c1cccc(I)c1. The molecule has 2 aromatic carbocycles. The van der Waals surface area contributed by atoms with Gasteiger partial charge in [0, 0.05) is 28.4 Å². The lowest BCUT2D eigenvalue weighted by Gasteiger charge is -2.13. The second kappa shape index (κ2) is 6.67. The topological polar surface area (TPSA) is 22.0 Å². The van der Waals surface area contributed by atoms with Crippen LogP contribution >= 0.6 is 22.6 Å². The molecule has 6 heteroatoms. The van der Waals surface area contributed by atoms with Crippen LogP contribution in [0.3, 0.4) is 0 Å². The van der Waals surface area contributed by atoms with Gasteiger partial charge in [-0.3, -0.25) is 4.79 Å². The summed E-state index contributed by atoms with van der Waals surface area (Å²) >= 11 is 2.19. The first-order chi connectivity index (χ1) is 11.8. The third-order valence-corrected chi connectivity index (χ3v) is 4.53. The van der Waals surface area contributed by atoms with E-state index in [4.69, 9.17) is 0 Å².